The normalized spacial score (nSPS) is 15.0. The number of hydrogen-bond acceptors (Lipinski definition) is 3. The number of quaternary nitrogens is 1. The second-order valence-corrected chi connectivity index (χ2v) is 6.95. The minimum atomic E-state index is 0.0828. The average Bonchev–Trinajstić information content (AvgIpc) is 2.65. The van der Waals surface area contributed by atoms with E-state index in [1.807, 2.05) is 44.2 Å². The first-order valence-electron chi connectivity index (χ1n) is 9.15. The molecule has 5 nitrogen and oxygen atoms in total. The molecule has 0 aliphatic carbocycles. The van der Waals surface area contributed by atoms with Gasteiger partial charge in [-0.1, -0.05) is 24.3 Å². The van der Waals surface area contributed by atoms with Crippen molar-refractivity contribution < 1.29 is 14.4 Å². The van der Waals surface area contributed by atoms with Gasteiger partial charge in [-0.05, 0) is 43.2 Å². The molecule has 0 atom stereocenters. The van der Waals surface area contributed by atoms with Gasteiger partial charge < -0.3 is 19.9 Å². The highest BCUT2D eigenvalue weighted by molar-refractivity contribution is 5.92. The Kier molecular flexibility index (Phi) is 5.78. The van der Waals surface area contributed by atoms with Crippen molar-refractivity contribution in [2.75, 3.05) is 50.1 Å². The van der Waals surface area contributed by atoms with E-state index in [1.54, 1.807) is 7.11 Å². The maximum absolute atomic E-state index is 12.4. The van der Waals surface area contributed by atoms with Crippen molar-refractivity contribution in [1.29, 1.82) is 0 Å². The number of carbonyl (C=O) groups is 1. The van der Waals surface area contributed by atoms with Crippen molar-refractivity contribution in [3.8, 4) is 5.75 Å². The van der Waals surface area contributed by atoms with Crippen LogP contribution in [0.1, 0.15) is 11.1 Å². The summed E-state index contributed by atoms with van der Waals surface area (Å²) in [5.74, 6) is 0.989. The Bertz CT molecular complexity index is 768. The fourth-order valence-corrected chi connectivity index (χ4v) is 3.42. The van der Waals surface area contributed by atoms with Crippen LogP contribution in [0.15, 0.2) is 42.5 Å². The van der Waals surface area contributed by atoms with Crippen LogP contribution in [0.3, 0.4) is 0 Å². The molecule has 138 valence electrons. The van der Waals surface area contributed by atoms with Crippen LogP contribution >= 0.6 is 0 Å². The van der Waals surface area contributed by atoms with Crippen molar-refractivity contribution in [2.45, 2.75) is 13.8 Å². The van der Waals surface area contributed by atoms with Gasteiger partial charge in [-0.25, -0.2) is 0 Å². The number of rotatable bonds is 5. The molecule has 0 saturated carbocycles. The van der Waals surface area contributed by atoms with Gasteiger partial charge in [0, 0.05) is 5.69 Å². The lowest BCUT2D eigenvalue weighted by Crippen LogP contribution is -3.15. The summed E-state index contributed by atoms with van der Waals surface area (Å²) in [6.07, 6.45) is 0. The lowest BCUT2D eigenvalue weighted by atomic mass is 10.1. The predicted octanol–water partition coefficient (Wildman–Crippen LogP) is 1.66. The Morgan fingerprint density at radius 1 is 1.15 bits per heavy atom. The topological polar surface area (TPSA) is 46.0 Å². The van der Waals surface area contributed by atoms with Crippen molar-refractivity contribution >= 4 is 17.3 Å². The van der Waals surface area contributed by atoms with Crippen LogP contribution in [0.5, 0.6) is 5.75 Å². The van der Waals surface area contributed by atoms with Gasteiger partial charge in [-0.15, -0.1) is 0 Å². The quantitative estimate of drug-likeness (QED) is 0.858. The highest BCUT2D eigenvalue weighted by atomic mass is 16.5. The third-order valence-corrected chi connectivity index (χ3v) is 4.97. The first-order chi connectivity index (χ1) is 12.6. The molecule has 1 saturated heterocycles. The Hall–Kier alpha value is -2.53. The SMILES string of the molecule is COc1ccccc1N1CC[NH+](CC(=O)Nc2cc(C)ccc2C)CC1. The van der Waals surface area contributed by atoms with Crippen molar-refractivity contribution in [1.82, 2.24) is 0 Å². The molecule has 1 aliphatic heterocycles. The number of benzene rings is 2. The number of nitrogens with one attached hydrogen (secondary N) is 2. The Morgan fingerprint density at radius 2 is 1.88 bits per heavy atom. The van der Waals surface area contributed by atoms with Crippen molar-refractivity contribution in [3.63, 3.8) is 0 Å². The van der Waals surface area contributed by atoms with Crippen LogP contribution < -0.4 is 19.9 Å². The standard InChI is InChI=1S/C21H27N3O2/c1-16-8-9-17(2)18(14-16)22-21(25)15-23-10-12-24(13-11-23)19-6-4-5-7-20(19)26-3/h4-9,14H,10-13,15H2,1-3H3,(H,22,25)/p+1. The van der Waals surface area contributed by atoms with Gasteiger partial charge in [0.25, 0.3) is 5.91 Å². The molecule has 26 heavy (non-hydrogen) atoms. The monoisotopic (exact) mass is 354 g/mol. The number of anilines is 2. The van der Waals surface area contributed by atoms with Gasteiger partial charge in [-0.3, -0.25) is 4.79 Å². The zero-order valence-electron chi connectivity index (χ0n) is 15.8. The van der Waals surface area contributed by atoms with Crippen molar-refractivity contribution in [3.05, 3.63) is 53.6 Å². The number of carbonyl (C=O) groups excluding carboxylic acids is 1. The molecule has 0 aromatic heterocycles. The van der Waals surface area contributed by atoms with Gasteiger partial charge in [0.2, 0.25) is 0 Å². The zero-order valence-corrected chi connectivity index (χ0v) is 15.8. The Morgan fingerprint density at radius 3 is 2.62 bits per heavy atom. The molecule has 5 heteroatoms. The zero-order chi connectivity index (χ0) is 18.5. The number of ether oxygens (including phenoxy) is 1. The molecule has 2 N–H and O–H groups in total. The van der Waals surface area contributed by atoms with E-state index in [9.17, 15) is 4.79 Å². The molecule has 0 radical (unpaired) electrons. The largest absolute Gasteiger partial charge is 0.495 e. The Labute approximate surface area is 155 Å². The second kappa shape index (κ2) is 8.23. The molecule has 2 aromatic carbocycles. The van der Waals surface area contributed by atoms with E-state index in [0.717, 1.165) is 54.4 Å². The van der Waals surface area contributed by atoms with E-state index < -0.39 is 0 Å². The highest BCUT2D eigenvalue weighted by Gasteiger charge is 2.24. The van der Waals surface area contributed by atoms with Crippen LogP contribution in [0.2, 0.25) is 0 Å². The molecular formula is C21H28N3O2+. The smallest absolute Gasteiger partial charge is 0.279 e. The molecule has 1 heterocycles. The first kappa shape index (κ1) is 18.3. The van der Waals surface area contributed by atoms with E-state index in [2.05, 4.69) is 22.3 Å². The molecule has 1 amide bonds. The van der Waals surface area contributed by atoms with E-state index in [1.165, 1.54) is 4.90 Å². The summed E-state index contributed by atoms with van der Waals surface area (Å²) in [6.45, 7) is 8.30. The van der Waals surface area contributed by atoms with E-state index in [4.69, 9.17) is 4.74 Å². The minimum Gasteiger partial charge on any atom is -0.495 e. The number of nitrogens with zero attached hydrogens (tertiary/aromatic N) is 1. The van der Waals surface area contributed by atoms with Gasteiger partial charge in [0.1, 0.15) is 5.75 Å². The summed E-state index contributed by atoms with van der Waals surface area (Å²) in [4.78, 5) is 16.1. The number of hydrogen-bond donors (Lipinski definition) is 2. The molecule has 0 unspecified atom stereocenters. The maximum Gasteiger partial charge on any atom is 0.279 e. The maximum atomic E-state index is 12.4. The fourth-order valence-electron chi connectivity index (χ4n) is 3.42. The lowest BCUT2D eigenvalue weighted by molar-refractivity contribution is -0.892. The summed E-state index contributed by atoms with van der Waals surface area (Å²) >= 11 is 0. The summed E-state index contributed by atoms with van der Waals surface area (Å²) in [6, 6.07) is 14.2. The number of piperazine rings is 1. The van der Waals surface area contributed by atoms with E-state index in [-0.39, 0.29) is 5.91 Å². The predicted molar refractivity (Wildman–Crippen MR) is 105 cm³/mol. The van der Waals surface area contributed by atoms with Crippen LogP contribution in [0, 0.1) is 13.8 Å². The third-order valence-electron chi connectivity index (χ3n) is 4.97. The van der Waals surface area contributed by atoms with Crippen LogP contribution in [0.25, 0.3) is 0 Å². The summed E-state index contributed by atoms with van der Waals surface area (Å²) in [5, 5.41) is 3.07. The number of amides is 1. The summed E-state index contributed by atoms with van der Waals surface area (Å²) < 4.78 is 5.46. The molecule has 1 aliphatic rings. The highest BCUT2D eigenvalue weighted by Crippen LogP contribution is 2.27. The van der Waals surface area contributed by atoms with E-state index >= 15 is 0 Å². The van der Waals surface area contributed by atoms with Gasteiger partial charge in [0.15, 0.2) is 6.54 Å². The molecule has 2 aromatic rings. The van der Waals surface area contributed by atoms with E-state index in [0.29, 0.717) is 6.54 Å². The van der Waals surface area contributed by atoms with Crippen LogP contribution in [-0.2, 0) is 4.79 Å². The molecule has 0 bridgehead atoms. The number of para-hydroxylation sites is 2. The first-order valence-corrected chi connectivity index (χ1v) is 9.15. The third kappa shape index (κ3) is 4.35. The van der Waals surface area contributed by atoms with Crippen LogP contribution in [-0.4, -0.2) is 45.7 Å². The molecular weight excluding hydrogens is 326 g/mol. The van der Waals surface area contributed by atoms with Gasteiger partial charge >= 0.3 is 0 Å². The lowest BCUT2D eigenvalue weighted by Gasteiger charge is -2.34. The molecule has 1 fully saturated rings. The van der Waals surface area contributed by atoms with Gasteiger partial charge in [0.05, 0.1) is 39.0 Å². The second-order valence-electron chi connectivity index (χ2n) is 6.95. The molecule has 3 rings (SSSR count). The minimum absolute atomic E-state index is 0.0828. The summed E-state index contributed by atoms with van der Waals surface area (Å²) in [7, 11) is 1.71. The number of methoxy groups -OCH3 is 1. The van der Waals surface area contributed by atoms with Crippen LogP contribution in [0.4, 0.5) is 11.4 Å². The Balaban J connectivity index is 1.54. The molecule has 0 spiro atoms. The summed E-state index contributed by atoms with van der Waals surface area (Å²) in [5.41, 5.74) is 4.31. The average molecular weight is 354 g/mol. The van der Waals surface area contributed by atoms with Gasteiger partial charge in [-0.2, -0.15) is 0 Å². The van der Waals surface area contributed by atoms with Crippen molar-refractivity contribution in [2.24, 2.45) is 0 Å². The fraction of sp³-hybridized carbons (Fsp3) is 0.381. The number of aryl methyl sites for hydroxylation is 2.